The van der Waals surface area contributed by atoms with E-state index in [-0.39, 0.29) is 13.0 Å². The highest BCUT2D eigenvalue weighted by molar-refractivity contribution is 5.01. The molecule has 10 nitrogen and oxygen atoms in total. The third-order valence-corrected chi connectivity index (χ3v) is 3.93. The second kappa shape index (κ2) is 6.06. The fourth-order valence-electron chi connectivity index (χ4n) is 2.65. The van der Waals surface area contributed by atoms with Gasteiger partial charge in [-0.2, -0.15) is 0 Å². The topological polar surface area (TPSA) is 139 Å². The second-order valence-electron chi connectivity index (χ2n) is 5.67. The molecule has 0 aliphatic carbocycles. The van der Waals surface area contributed by atoms with E-state index in [0.717, 1.165) is 0 Å². The molecule has 0 aromatic carbocycles. The van der Waals surface area contributed by atoms with Crippen molar-refractivity contribution in [1.29, 1.82) is 0 Å². The van der Waals surface area contributed by atoms with E-state index in [0.29, 0.717) is 5.56 Å². The third kappa shape index (κ3) is 3.01. The number of aryl methyl sites for hydroxylation is 1. The summed E-state index contributed by atoms with van der Waals surface area (Å²) in [6.07, 6.45) is 0.403. The molecule has 0 spiro atoms. The predicted molar refractivity (Wildman–Crippen MR) is 81.9 cm³/mol. The van der Waals surface area contributed by atoms with E-state index >= 15 is 0 Å². The van der Waals surface area contributed by atoms with E-state index in [4.69, 9.17) is 4.74 Å². The van der Waals surface area contributed by atoms with E-state index in [1.54, 1.807) is 6.92 Å². The van der Waals surface area contributed by atoms with Crippen LogP contribution in [0.2, 0.25) is 0 Å². The minimum Gasteiger partial charge on any atom is -0.390 e. The zero-order chi connectivity index (χ0) is 17.4. The summed E-state index contributed by atoms with van der Waals surface area (Å²) in [5, 5.41) is 10.1. The van der Waals surface area contributed by atoms with Crippen LogP contribution in [0.5, 0.6) is 0 Å². The van der Waals surface area contributed by atoms with Crippen LogP contribution < -0.4 is 22.5 Å². The first-order valence-corrected chi connectivity index (χ1v) is 7.30. The summed E-state index contributed by atoms with van der Waals surface area (Å²) < 4.78 is 8.06. The summed E-state index contributed by atoms with van der Waals surface area (Å²) in [4.78, 5) is 50.4. The third-order valence-electron chi connectivity index (χ3n) is 3.93. The van der Waals surface area contributed by atoms with Crippen molar-refractivity contribution in [3.8, 4) is 0 Å². The van der Waals surface area contributed by atoms with Gasteiger partial charge in [0, 0.05) is 30.4 Å². The number of ether oxygens (including phenoxy) is 1. The maximum atomic E-state index is 11.8. The van der Waals surface area contributed by atoms with E-state index in [1.165, 1.54) is 27.6 Å². The highest BCUT2D eigenvalue weighted by Gasteiger charge is 2.35. The number of hydrogen-bond donors (Lipinski definition) is 3. The van der Waals surface area contributed by atoms with Crippen LogP contribution in [0.4, 0.5) is 0 Å². The molecule has 2 aromatic rings. The van der Waals surface area contributed by atoms with Gasteiger partial charge in [-0.1, -0.05) is 0 Å². The Morgan fingerprint density at radius 3 is 2.71 bits per heavy atom. The fourth-order valence-corrected chi connectivity index (χ4v) is 2.65. The van der Waals surface area contributed by atoms with Crippen LogP contribution in [0.25, 0.3) is 0 Å². The Labute approximate surface area is 134 Å². The van der Waals surface area contributed by atoms with E-state index in [2.05, 4.69) is 9.97 Å². The van der Waals surface area contributed by atoms with Crippen LogP contribution in [0.1, 0.15) is 18.2 Å². The number of nitrogens with one attached hydrogen (secondary N) is 2. The molecule has 2 aromatic heterocycles. The molecule has 0 amide bonds. The molecule has 3 atom stereocenters. The van der Waals surface area contributed by atoms with Crippen molar-refractivity contribution in [1.82, 2.24) is 19.1 Å². The van der Waals surface area contributed by atoms with Gasteiger partial charge >= 0.3 is 11.4 Å². The lowest BCUT2D eigenvalue weighted by molar-refractivity contribution is -0.0290. The van der Waals surface area contributed by atoms with Gasteiger partial charge < -0.3 is 9.84 Å². The minimum absolute atomic E-state index is 0.0201. The van der Waals surface area contributed by atoms with Gasteiger partial charge in [0.25, 0.3) is 11.1 Å². The maximum Gasteiger partial charge on any atom is 0.330 e. The maximum absolute atomic E-state index is 11.8. The van der Waals surface area contributed by atoms with Crippen LogP contribution in [0.15, 0.2) is 37.6 Å². The Morgan fingerprint density at radius 1 is 1.25 bits per heavy atom. The molecule has 0 radical (unpaired) electrons. The van der Waals surface area contributed by atoms with E-state index in [9.17, 15) is 24.3 Å². The number of aliphatic hydroxyl groups is 1. The summed E-state index contributed by atoms with van der Waals surface area (Å²) in [5.74, 6) is 0. The highest BCUT2D eigenvalue weighted by Crippen LogP contribution is 2.28. The van der Waals surface area contributed by atoms with Crippen molar-refractivity contribution >= 4 is 0 Å². The Morgan fingerprint density at radius 2 is 2.00 bits per heavy atom. The van der Waals surface area contributed by atoms with Crippen molar-refractivity contribution in [2.75, 3.05) is 0 Å². The average Bonchev–Trinajstić information content (AvgIpc) is 2.85. The molecule has 10 heteroatoms. The molecular weight excluding hydrogens is 320 g/mol. The summed E-state index contributed by atoms with van der Waals surface area (Å²) in [5.41, 5.74) is -1.89. The van der Waals surface area contributed by atoms with Gasteiger partial charge in [0.05, 0.1) is 12.6 Å². The monoisotopic (exact) mass is 336 g/mol. The molecule has 3 heterocycles. The first-order chi connectivity index (χ1) is 11.3. The summed E-state index contributed by atoms with van der Waals surface area (Å²) in [6.45, 7) is 1.58. The molecule has 1 saturated heterocycles. The van der Waals surface area contributed by atoms with E-state index in [1.807, 2.05) is 0 Å². The molecule has 0 bridgehead atoms. The SMILES string of the molecule is Cc1cn(CC2OC(n3ccc(=O)[nH]c3=O)CC2O)c(=O)[nH]c1=O. The molecule has 0 saturated carbocycles. The van der Waals surface area contributed by atoms with Crippen molar-refractivity contribution in [3.63, 3.8) is 0 Å². The first-order valence-electron chi connectivity index (χ1n) is 7.30. The molecule has 1 aliphatic heterocycles. The molecule has 3 unspecified atom stereocenters. The van der Waals surface area contributed by atoms with Gasteiger partial charge in [-0.3, -0.25) is 28.7 Å². The smallest absolute Gasteiger partial charge is 0.330 e. The molecule has 24 heavy (non-hydrogen) atoms. The quantitative estimate of drug-likeness (QED) is 0.595. The molecule has 3 rings (SSSR count). The van der Waals surface area contributed by atoms with Gasteiger partial charge in [-0.05, 0) is 6.92 Å². The van der Waals surface area contributed by atoms with Gasteiger partial charge in [0.2, 0.25) is 0 Å². The van der Waals surface area contributed by atoms with Gasteiger partial charge in [0.15, 0.2) is 0 Å². The van der Waals surface area contributed by atoms with Crippen LogP contribution in [-0.4, -0.2) is 36.4 Å². The van der Waals surface area contributed by atoms with E-state index < -0.39 is 40.9 Å². The predicted octanol–water partition coefficient (Wildman–Crippen LogP) is -1.96. The largest absolute Gasteiger partial charge is 0.390 e. The van der Waals surface area contributed by atoms with Gasteiger partial charge in [0.1, 0.15) is 12.3 Å². The number of aliphatic hydroxyl groups excluding tert-OH is 1. The Bertz CT molecular complexity index is 984. The number of aromatic nitrogens is 4. The Balaban J connectivity index is 1.83. The number of nitrogens with zero attached hydrogens (tertiary/aromatic N) is 2. The van der Waals surface area contributed by atoms with Crippen molar-refractivity contribution in [2.24, 2.45) is 0 Å². The van der Waals surface area contributed by atoms with Crippen LogP contribution in [0, 0.1) is 6.92 Å². The van der Waals surface area contributed by atoms with Crippen molar-refractivity contribution in [3.05, 3.63) is 65.7 Å². The van der Waals surface area contributed by atoms with Gasteiger partial charge in [-0.25, -0.2) is 9.59 Å². The van der Waals surface area contributed by atoms with Crippen molar-refractivity contribution in [2.45, 2.75) is 38.3 Å². The lowest BCUT2D eigenvalue weighted by Gasteiger charge is -2.17. The molecule has 3 N–H and O–H groups in total. The number of aromatic amines is 2. The number of rotatable bonds is 3. The second-order valence-corrected chi connectivity index (χ2v) is 5.67. The minimum atomic E-state index is -0.909. The molecule has 128 valence electrons. The lowest BCUT2D eigenvalue weighted by atomic mass is 10.2. The van der Waals surface area contributed by atoms with Crippen molar-refractivity contribution < 1.29 is 9.84 Å². The normalized spacial score (nSPS) is 23.5. The van der Waals surface area contributed by atoms with Gasteiger partial charge in [-0.15, -0.1) is 0 Å². The molecule has 1 fully saturated rings. The Kier molecular flexibility index (Phi) is 4.08. The average molecular weight is 336 g/mol. The standard InChI is InChI=1S/C14H16N4O6/c1-7-5-17(13(22)16-12(7)21)6-9-8(19)4-11(24-9)18-3-2-10(20)15-14(18)23/h2-3,5,8-9,11,19H,4,6H2,1H3,(H,15,20,23)(H,16,21,22). The fraction of sp³-hybridized carbons (Fsp3) is 0.429. The molecule has 1 aliphatic rings. The summed E-state index contributed by atoms with van der Waals surface area (Å²) in [6, 6.07) is 1.18. The number of H-pyrrole nitrogens is 2. The van der Waals surface area contributed by atoms with Crippen LogP contribution in [-0.2, 0) is 11.3 Å². The first kappa shape index (κ1) is 16.1. The summed E-state index contributed by atoms with van der Waals surface area (Å²) >= 11 is 0. The van der Waals surface area contributed by atoms with Crippen LogP contribution >= 0.6 is 0 Å². The zero-order valence-corrected chi connectivity index (χ0v) is 12.8. The van der Waals surface area contributed by atoms with Crippen LogP contribution in [0.3, 0.4) is 0 Å². The lowest BCUT2D eigenvalue weighted by Crippen LogP contribution is -2.36. The summed E-state index contributed by atoms with van der Waals surface area (Å²) in [7, 11) is 0. The Hall–Kier alpha value is -2.72. The highest BCUT2D eigenvalue weighted by atomic mass is 16.5. The zero-order valence-electron chi connectivity index (χ0n) is 12.8. The number of hydrogen-bond acceptors (Lipinski definition) is 6. The molecular formula is C14H16N4O6.